The quantitative estimate of drug-likeness (QED) is 0.839. The fraction of sp³-hybridized carbons (Fsp3) is 0.333. The highest BCUT2D eigenvalue weighted by molar-refractivity contribution is 5.78. The normalized spacial score (nSPS) is 12.8. The molecule has 19 heavy (non-hydrogen) atoms. The molecule has 0 aliphatic carbocycles. The first-order valence-electron chi connectivity index (χ1n) is 5.42. The summed E-state index contributed by atoms with van der Waals surface area (Å²) in [5.41, 5.74) is -1.50. The summed E-state index contributed by atoms with van der Waals surface area (Å²) in [6.45, 7) is 1.48. The minimum atomic E-state index is -4.67. The van der Waals surface area contributed by atoms with Gasteiger partial charge in [-0.1, -0.05) is 18.2 Å². The zero-order chi connectivity index (χ0) is 14.6. The van der Waals surface area contributed by atoms with Crippen LogP contribution >= 0.6 is 0 Å². The number of hydrogen-bond donors (Lipinski definition) is 1. The standard InChI is InChI=1S/C12H12F3NO3/c1-2-16(7-17)10(11(18)19)8-5-3-4-6-9(8)12(13,14)15/h3-7,10H,2H2,1H3,(H,18,19). The second-order valence-corrected chi connectivity index (χ2v) is 3.76. The van der Waals surface area contributed by atoms with Gasteiger partial charge >= 0.3 is 12.1 Å². The number of carbonyl (C=O) groups excluding carboxylic acids is 1. The van der Waals surface area contributed by atoms with Crippen molar-refractivity contribution in [2.75, 3.05) is 6.54 Å². The Morgan fingerprint density at radius 2 is 2.00 bits per heavy atom. The van der Waals surface area contributed by atoms with E-state index in [0.717, 1.165) is 17.0 Å². The number of carboxylic acid groups (broad SMARTS) is 1. The van der Waals surface area contributed by atoms with E-state index >= 15 is 0 Å². The molecular formula is C12H12F3NO3. The van der Waals surface area contributed by atoms with Crippen LogP contribution in [0.2, 0.25) is 0 Å². The minimum Gasteiger partial charge on any atom is -0.479 e. The largest absolute Gasteiger partial charge is 0.479 e. The Kier molecular flexibility index (Phi) is 4.52. The first kappa shape index (κ1) is 15.0. The number of rotatable bonds is 5. The highest BCUT2D eigenvalue weighted by atomic mass is 19.4. The van der Waals surface area contributed by atoms with E-state index in [0.29, 0.717) is 0 Å². The summed E-state index contributed by atoms with van der Waals surface area (Å²) in [7, 11) is 0. The zero-order valence-electron chi connectivity index (χ0n) is 10.0. The molecule has 0 radical (unpaired) electrons. The first-order chi connectivity index (χ1) is 8.82. The maximum Gasteiger partial charge on any atom is 0.416 e. The molecule has 1 aromatic rings. The van der Waals surface area contributed by atoms with Crippen LogP contribution in [-0.2, 0) is 15.8 Å². The van der Waals surface area contributed by atoms with Crippen molar-refractivity contribution >= 4 is 12.4 Å². The van der Waals surface area contributed by atoms with Gasteiger partial charge in [-0.25, -0.2) is 4.79 Å². The minimum absolute atomic E-state index is 0.00728. The van der Waals surface area contributed by atoms with Crippen molar-refractivity contribution in [2.45, 2.75) is 19.1 Å². The lowest BCUT2D eigenvalue weighted by molar-refractivity contribution is -0.148. The van der Waals surface area contributed by atoms with E-state index in [4.69, 9.17) is 5.11 Å². The Labute approximate surface area is 107 Å². The molecule has 104 valence electrons. The summed E-state index contributed by atoms with van der Waals surface area (Å²) in [5.74, 6) is -1.51. The molecule has 0 aromatic heterocycles. The van der Waals surface area contributed by atoms with Gasteiger partial charge in [0.15, 0.2) is 6.04 Å². The van der Waals surface area contributed by atoms with Gasteiger partial charge in [0.1, 0.15) is 0 Å². The topological polar surface area (TPSA) is 57.6 Å². The molecule has 1 unspecified atom stereocenters. The van der Waals surface area contributed by atoms with Crippen LogP contribution < -0.4 is 0 Å². The van der Waals surface area contributed by atoms with Crippen LogP contribution in [0.5, 0.6) is 0 Å². The maximum atomic E-state index is 12.8. The summed E-state index contributed by atoms with van der Waals surface area (Å²) in [6.07, 6.45) is -4.45. The van der Waals surface area contributed by atoms with Crippen molar-refractivity contribution in [3.63, 3.8) is 0 Å². The third kappa shape index (κ3) is 3.24. The molecule has 1 atom stereocenters. The van der Waals surface area contributed by atoms with Crippen molar-refractivity contribution in [1.82, 2.24) is 4.90 Å². The van der Waals surface area contributed by atoms with Crippen molar-refractivity contribution in [3.8, 4) is 0 Å². The van der Waals surface area contributed by atoms with E-state index in [1.165, 1.54) is 19.1 Å². The smallest absolute Gasteiger partial charge is 0.416 e. The van der Waals surface area contributed by atoms with E-state index in [1.54, 1.807) is 0 Å². The molecule has 1 aromatic carbocycles. The predicted molar refractivity (Wildman–Crippen MR) is 60.3 cm³/mol. The number of hydrogen-bond acceptors (Lipinski definition) is 2. The highest BCUT2D eigenvalue weighted by Crippen LogP contribution is 2.36. The molecule has 1 N–H and O–H groups in total. The fourth-order valence-electron chi connectivity index (χ4n) is 1.77. The maximum absolute atomic E-state index is 12.8. The number of carbonyl (C=O) groups is 2. The summed E-state index contributed by atoms with van der Waals surface area (Å²) in [5, 5.41) is 9.08. The molecule has 0 aliphatic heterocycles. The number of aliphatic carboxylic acids is 1. The molecule has 0 heterocycles. The van der Waals surface area contributed by atoms with Crippen LogP contribution in [0.3, 0.4) is 0 Å². The molecule has 0 aliphatic rings. The highest BCUT2D eigenvalue weighted by Gasteiger charge is 2.38. The lowest BCUT2D eigenvalue weighted by Gasteiger charge is -2.26. The molecule has 7 heteroatoms. The molecule has 1 rings (SSSR count). The van der Waals surface area contributed by atoms with Gasteiger partial charge in [-0.3, -0.25) is 4.79 Å². The van der Waals surface area contributed by atoms with E-state index in [9.17, 15) is 22.8 Å². The molecule has 0 spiro atoms. The van der Waals surface area contributed by atoms with Crippen LogP contribution in [0.1, 0.15) is 24.1 Å². The van der Waals surface area contributed by atoms with Gasteiger partial charge in [0.25, 0.3) is 0 Å². The molecular weight excluding hydrogens is 263 g/mol. The second kappa shape index (κ2) is 5.73. The van der Waals surface area contributed by atoms with Crippen molar-refractivity contribution in [3.05, 3.63) is 35.4 Å². The van der Waals surface area contributed by atoms with Crippen molar-refractivity contribution < 1.29 is 27.9 Å². The van der Waals surface area contributed by atoms with E-state index < -0.39 is 29.3 Å². The summed E-state index contributed by atoms with van der Waals surface area (Å²) in [4.78, 5) is 22.8. The van der Waals surface area contributed by atoms with Crippen molar-refractivity contribution in [1.29, 1.82) is 0 Å². The number of nitrogens with zero attached hydrogens (tertiary/aromatic N) is 1. The van der Waals surface area contributed by atoms with E-state index in [1.807, 2.05) is 0 Å². The van der Waals surface area contributed by atoms with Gasteiger partial charge in [0.05, 0.1) is 5.56 Å². The average molecular weight is 275 g/mol. The second-order valence-electron chi connectivity index (χ2n) is 3.76. The van der Waals surface area contributed by atoms with Crippen molar-refractivity contribution in [2.24, 2.45) is 0 Å². The van der Waals surface area contributed by atoms with Crippen LogP contribution in [0, 0.1) is 0 Å². The average Bonchev–Trinajstić information content (AvgIpc) is 2.34. The number of halogens is 3. The lowest BCUT2D eigenvalue weighted by Crippen LogP contribution is -2.34. The molecule has 4 nitrogen and oxygen atoms in total. The number of alkyl halides is 3. The van der Waals surface area contributed by atoms with Gasteiger partial charge in [0, 0.05) is 6.54 Å². The molecule has 0 bridgehead atoms. The van der Waals surface area contributed by atoms with Gasteiger partial charge in [-0.15, -0.1) is 0 Å². The predicted octanol–water partition coefficient (Wildman–Crippen LogP) is 2.31. The number of carboxylic acids is 1. The van der Waals surface area contributed by atoms with Gasteiger partial charge in [-0.2, -0.15) is 13.2 Å². The Hall–Kier alpha value is -2.05. The van der Waals surface area contributed by atoms with Crippen LogP contribution in [0.15, 0.2) is 24.3 Å². The Bertz CT molecular complexity index is 474. The number of amides is 1. The van der Waals surface area contributed by atoms with Gasteiger partial charge in [-0.05, 0) is 18.6 Å². The van der Waals surface area contributed by atoms with E-state index in [-0.39, 0.29) is 13.0 Å². The fourth-order valence-corrected chi connectivity index (χ4v) is 1.77. The Balaban J connectivity index is 3.39. The SMILES string of the molecule is CCN(C=O)C(C(=O)O)c1ccccc1C(F)(F)F. The van der Waals surface area contributed by atoms with Gasteiger partial charge < -0.3 is 10.0 Å². The number of benzene rings is 1. The lowest BCUT2D eigenvalue weighted by atomic mass is 9.99. The van der Waals surface area contributed by atoms with Crippen LogP contribution in [0.25, 0.3) is 0 Å². The van der Waals surface area contributed by atoms with Crippen LogP contribution in [-0.4, -0.2) is 28.9 Å². The third-order valence-corrected chi connectivity index (χ3v) is 2.63. The summed E-state index contributed by atoms with van der Waals surface area (Å²) in [6, 6.07) is 2.68. The Morgan fingerprint density at radius 3 is 2.42 bits per heavy atom. The van der Waals surface area contributed by atoms with Crippen LogP contribution in [0.4, 0.5) is 13.2 Å². The van der Waals surface area contributed by atoms with E-state index in [2.05, 4.69) is 0 Å². The summed E-state index contributed by atoms with van der Waals surface area (Å²) >= 11 is 0. The molecule has 1 amide bonds. The molecule has 0 saturated heterocycles. The monoisotopic (exact) mass is 275 g/mol. The zero-order valence-corrected chi connectivity index (χ0v) is 10.0. The Morgan fingerprint density at radius 1 is 1.42 bits per heavy atom. The van der Waals surface area contributed by atoms with Gasteiger partial charge in [0.2, 0.25) is 6.41 Å². The number of likely N-dealkylation sites (N-methyl/N-ethyl adjacent to an activating group) is 1. The molecule has 0 saturated carbocycles. The third-order valence-electron chi connectivity index (χ3n) is 2.63. The summed E-state index contributed by atoms with van der Waals surface area (Å²) < 4.78 is 38.5. The first-order valence-corrected chi connectivity index (χ1v) is 5.42. The molecule has 0 fully saturated rings.